The van der Waals surface area contributed by atoms with Crippen molar-refractivity contribution in [3.8, 4) is 0 Å². The number of nitrogens with zero attached hydrogens (tertiary/aromatic N) is 6. The number of aryl methyl sites for hydroxylation is 1. The maximum atomic E-state index is 14.2. The molecule has 0 saturated carbocycles. The molecule has 0 aliphatic rings. The minimum Gasteiger partial charge on any atom is -0.444 e. The Morgan fingerprint density at radius 1 is 0.852 bits per heavy atom. The predicted molar refractivity (Wildman–Crippen MR) is 210 cm³/mol. The van der Waals surface area contributed by atoms with E-state index < -0.39 is 12.1 Å². The molecule has 4 amide bonds. The largest absolute Gasteiger partial charge is 0.444 e. The van der Waals surface area contributed by atoms with Crippen molar-refractivity contribution in [2.24, 2.45) is 0 Å². The second-order valence-corrected chi connectivity index (χ2v) is 15.4. The van der Waals surface area contributed by atoms with Gasteiger partial charge in [-0.05, 0) is 49.7 Å². The van der Waals surface area contributed by atoms with Crippen LogP contribution in [0.5, 0.6) is 0 Å². The summed E-state index contributed by atoms with van der Waals surface area (Å²) in [6.45, 7) is 5.24. The third-order valence-electron chi connectivity index (χ3n) is 8.81. The van der Waals surface area contributed by atoms with Gasteiger partial charge in [0.1, 0.15) is 25.3 Å². The molecule has 0 bridgehead atoms. The number of hydrogen-bond donors (Lipinski definition) is 3. The average Bonchev–Trinajstić information content (AvgIpc) is 3.98. The van der Waals surface area contributed by atoms with E-state index in [1.54, 1.807) is 47.6 Å². The molecule has 13 nitrogen and oxygen atoms in total. The molecular formula is C39H49N9O4S2. The Labute approximate surface area is 324 Å². The van der Waals surface area contributed by atoms with Gasteiger partial charge in [-0.2, -0.15) is 0 Å². The molecule has 2 aromatic carbocycles. The number of hydrogen-bond acceptors (Lipinski definition) is 10. The normalized spacial score (nSPS) is 12.8. The highest BCUT2D eigenvalue weighted by Crippen LogP contribution is 2.20. The first-order valence-corrected chi connectivity index (χ1v) is 19.9. The van der Waals surface area contributed by atoms with Crippen LogP contribution in [0.2, 0.25) is 0 Å². The van der Waals surface area contributed by atoms with Gasteiger partial charge in [0.15, 0.2) is 0 Å². The van der Waals surface area contributed by atoms with E-state index in [-0.39, 0.29) is 30.6 Å². The molecule has 5 rings (SSSR count). The van der Waals surface area contributed by atoms with Crippen molar-refractivity contribution in [3.63, 3.8) is 0 Å². The summed E-state index contributed by atoms with van der Waals surface area (Å²) in [6.07, 6.45) is 7.75. The van der Waals surface area contributed by atoms with Gasteiger partial charge < -0.3 is 30.2 Å². The first-order valence-electron chi connectivity index (χ1n) is 18.2. The van der Waals surface area contributed by atoms with Gasteiger partial charge in [0.05, 0.1) is 27.6 Å². The van der Waals surface area contributed by atoms with Gasteiger partial charge >= 0.3 is 12.1 Å². The van der Waals surface area contributed by atoms with Crippen LogP contribution < -0.4 is 16.0 Å². The summed E-state index contributed by atoms with van der Waals surface area (Å²) in [5.74, 6) is 0.0339. The number of alkyl carbamates (subject to hydrolysis) is 1. The molecule has 0 unspecified atom stereocenters. The van der Waals surface area contributed by atoms with Crippen molar-refractivity contribution in [2.75, 3.05) is 7.05 Å². The van der Waals surface area contributed by atoms with Gasteiger partial charge in [-0.1, -0.05) is 74.5 Å². The van der Waals surface area contributed by atoms with Gasteiger partial charge in [0.25, 0.3) is 0 Å². The van der Waals surface area contributed by atoms with E-state index in [9.17, 15) is 14.4 Å². The summed E-state index contributed by atoms with van der Waals surface area (Å²) in [6, 6.07) is 18.3. The Morgan fingerprint density at radius 3 is 2.09 bits per heavy atom. The van der Waals surface area contributed by atoms with Gasteiger partial charge in [-0.3, -0.25) is 9.78 Å². The lowest BCUT2D eigenvalue weighted by atomic mass is 9.95. The second-order valence-electron chi connectivity index (χ2n) is 13.6. The van der Waals surface area contributed by atoms with Crippen LogP contribution in [0.3, 0.4) is 0 Å². The summed E-state index contributed by atoms with van der Waals surface area (Å²) in [7, 11) is 1.70. The number of carbonyl (C=O) groups excluding carboxylic acids is 3. The van der Waals surface area contributed by atoms with Crippen molar-refractivity contribution < 1.29 is 19.1 Å². The molecule has 54 heavy (non-hydrogen) atoms. The molecule has 0 radical (unpaired) electrons. The zero-order chi connectivity index (χ0) is 38.1. The van der Waals surface area contributed by atoms with E-state index >= 15 is 0 Å². The fourth-order valence-corrected chi connectivity index (χ4v) is 7.26. The molecule has 0 aliphatic heterocycles. The van der Waals surface area contributed by atoms with Crippen LogP contribution in [0, 0.1) is 0 Å². The highest BCUT2D eigenvalue weighted by molar-refractivity contribution is 7.09. The summed E-state index contributed by atoms with van der Waals surface area (Å²) in [5, 5.41) is 20.1. The molecule has 0 aliphatic carbocycles. The van der Waals surface area contributed by atoms with E-state index in [0.29, 0.717) is 57.5 Å². The lowest BCUT2D eigenvalue weighted by molar-refractivity contribution is -0.124. The Morgan fingerprint density at radius 2 is 1.50 bits per heavy atom. The Bertz CT molecular complexity index is 1840. The number of rotatable bonds is 20. The zero-order valence-electron chi connectivity index (χ0n) is 31.0. The SMILES string of the molecule is CC(C)c1nc(CN(C)C(=O)N[C@@H](CCCn2cnnc2)C(=O)N[C@@H](CC[C@@H](Cc2ccccc2)NC(=O)OCc2cncs2)Cc2ccccc2)cs1. The van der Waals surface area contributed by atoms with Crippen molar-refractivity contribution in [1.29, 1.82) is 0 Å². The van der Waals surface area contributed by atoms with E-state index in [4.69, 9.17) is 4.74 Å². The minimum atomic E-state index is -0.795. The van der Waals surface area contributed by atoms with Crippen molar-refractivity contribution in [2.45, 2.75) is 96.1 Å². The fourth-order valence-electron chi connectivity index (χ4n) is 5.93. The average molecular weight is 772 g/mol. The maximum Gasteiger partial charge on any atom is 0.407 e. The number of benzene rings is 2. The number of thiazole rings is 2. The molecule has 3 aromatic heterocycles. The van der Waals surface area contributed by atoms with Crippen LogP contribution in [0.1, 0.15) is 72.2 Å². The first kappa shape index (κ1) is 40.0. The van der Waals surface area contributed by atoms with Crippen LogP contribution in [-0.4, -0.2) is 72.8 Å². The predicted octanol–water partition coefficient (Wildman–Crippen LogP) is 6.35. The molecule has 0 spiro atoms. The maximum absolute atomic E-state index is 14.2. The highest BCUT2D eigenvalue weighted by Gasteiger charge is 2.26. The van der Waals surface area contributed by atoms with Crippen molar-refractivity contribution >= 4 is 40.7 Å². The van der Waals surface area contributed by atoms with E-state index in [1.807, 2.05) is 70.6 Å². The van der Waals surface area contributed by atoms with Crippen LogP contribution in [0.15, 0.2) is 90.4 Å². The lowest BCUT2D eigenvalue weighted by Crippen LogP contribution is -2.52. The molecule has 5 aromatic rings. The van der Waals surface area contributed by atoms with E-state index in [1.165, 1.54) is 11.3 Å². The Hall–Kier alpha value is -5.15. The molecule has 3 atom stereocenters. The zero-order valence-corrected chi connectivity index (χ0v) is 32.6. The van der Waals surface area contributed by atoms with Gasteiger partial charge in [0.2, 0.25) is 5.91 Å². The highest BCUT2D eigenvalue weighted by atomic mass is 32.1. The molecule has 3 heterocycles. The number of ether oxygens (including phenoxy) is 1. The van der Waals surface area contributed by atoms with Crippen LogP contribution in [-0.2, 0) is 42.1 Å². The molecule has 3 N–H and O–H groups in total. The van der Waals surface area contributed by atoms with Crippen LogP contribution in [0.25, 0.3) is 0 Å². The fraction of sp³-hybridized carbons (Fsp3) is 0.410. The van der Waals surface area contributed by atoms with E-state index in [0.717, 1.165) is 26.7 Å². The molecule has 0 saturated heterocycles. The lowest BCUT2D eigenvalue weighted by Gasteiger charge is -2.27. The third-order valence-corrected chi connectivity index (χ3v) is 10.8. The van der Waals surface area contributed by atoms with Gasteiger partial charge in [-0.15, -0.1) is 32.9 Å². The number of nitrogens with one attached hydrogen (secondary N) is 3. The number of amides is 4. The van der Waals surface area contributed by atoms with Crippen molar-refractivity contribution in [3.05, 3.63) is 117 Å². The number of urea groups is 1. The molecule has 286 valence electrons. The quantitative estimate of drug-likeness (QED) is 0.0827. The third kappa shape index (κ3) is 13.4. The van der Waals surface area contributed by atoms with Gasteiger partial charge in [0, 0.05) is 43.2 Å². The summed E-state index contributed by atoms with van der Waals surface area (Å²) >= 11 is 3.01. The number of aromatic nitrogens is 5. The molecule has 15 heteroatoms. The standard InChI is InChI=1S/C39H49N9O4S2/c1-28(2)37-44-33(24-53-37)22-47(3)38(50)46-35(15-10-18-48-25-41-42-26-48)36(49)43-31(19-29-11-6-4-7-12-29)16-17-32(20-30-13-8-5-9-14-30)45-39(51)52-23-34-21-40-27-54-34/h4-9,11-14,21,24-28,31-32,35H,10,15-20,22-23H2,1-3H3,(H,43,49)(H,45,51)(H,46,50)/t31-,32-,35-/m0/s1. The molecule has 0 fully saturated rings. The summed E-state index contributed by atoms with van der Waals surface area (Å²) in [4.78, 5) is 51.8. The second kappa shape index (κ2) is 20.9. The monoisotopic (exact) mass is 771 g/mol. The number of carbonyl (C=O) groups is 3. The van der Waals surface area contributed by atoms with E-state index in [2.05, 4.69) is 50.0 Å². The van der Waals surface area contributed by atoms with Gasteiger partial charge in [-0.25, -0.2) is 14.6 Å². The smallest absolute Gasteiger partial charge is 0.407 e. The Kier molecular flexibility index (Phi) is 15.5. The Balaban J connectivity index is 1.28. The van der Waals surface area contributed by atoms with Crippen LogP contribution in [0.4, 0.5) is 9.59 Å². The van der Waals surface area contributed by atoms with Crippen molar-refractivity contribution in [1.82, 2.24) is 45.6 Å². The summed E-state index contributed by atoms with van der Waals surface area (Å²) < 4.78 is 7.36. The minimum absolute atomic E-state index is 0.143. The first-order chi connectivity index (χ1) is 26.2. The topological polar surface area (TPSA) is 156 Å². The van der Waals surface area contributed by atoms with Crippen LogP contribution >= 0.6 is 22.7 Å². The molecular weight excluding hydrogens is 723 g/mol. The summed E-state index contributed by atoms with van der Waals surface area (Å²) in [5.41, 5.74) is 4.65.